The van der Waals surface area contributed by atoms with Crippen molar-refractivity contribution < 1.29 is 4.74 Å². The minimum absolute atomic E-state index is 0.126. The molecule has 2 N–H and O–H groups in total. The highest BCUT2D eigenvalue weighted by Gasteiger charge is 2.05. The number of nitrogen functional groups attached to an aromatic ring is 1. The van der Waals surface area contributed by atoms with Crippen LogP contribution in [0.1, 0.15) is 19.4 Å². The first-order chi connectivity index (χ1) is 8.56. The predicted molar refractivity (Wildman–Crippen MR) is 76.8 cm³/mol. The van der Waals surface area contributed by atoms with Crippen LogP contribution < -0.4 is 10.5 Å². The van der Waals surface area contributed by atoms with Gasteiger partial charge in [-0.2, -0.15) is 0 Å². The second kappa shape index (κ2) is 5.13. The third-order valence-corrected chi connectivity index (χ3v) is 2.76. The average Bonchev–Trinajstić information content (AvgIpc) is 2.32. The first-order valence-electron chi connectivity index (χ1n) is 6.19. The molecule has 2 rings (SSSR count). The molecule has 0 radical (unpaired) electrons. The summed E-state index contributed by atoms with van der Waals surface area (Å²) in [6, 6.07) is 14.4. The molecule has 2 nitrogen and oxygen atoms in total. The number of rotatable bonds is 3. The Morgan fingerprint density at radius 3 is 2.17 bits per heavy atom. The summed E-state index contributed by atoms with van der Waals surface area (Å²) >= 11 is 0. The van der Waals surface area contributed by atoms with Crippen LogP contribution in [0.25, 0.3) is 11.1 Å². The molecule has 94 valence electrons. The highest BCUT2D eigenvalue weighted by Crippen LogP contribution is 2.29. The van der Waals surface area contributed by atoms with Crippen molar-refractivity contribution >= 4 is 5.69 Å². The van der Waals surface area contributed by atoms with Gasteiger partial charge in [0.2, 0.25) is 0 Å². The number of hydrogen-bond donors (Lipinski definition) is 1. The molecule has 0 bridgehead atoms. The van der Waals surface area contributed by atoms with E-state index < -0.39 is 0 Å². The summed E-state index contributed by atoms with van der Waals surface area (Å²) in [5.74, 6) is 0.753. The maximum atomic E-state index is 5.91. The molecule has 0 amide bonds. The lowest BCUT2D eigenvalue weighted by Crippen LogP contribution is -2.07. The molecule has 18 heavy (non-hydrogen) atoms. The Balaban J connectivity index is 2.37. The van der Waals surface area contributed by atoms with Crippen molar-refractivity contribution in [1.29, 1.82) is 0 Å². The Bertz CT molecular complexity index is 529. The summed E-state index contributed by atoms with van der Waals surface area (Å²) in [6.07, 6.45) is 0.126. The van der Waals surface area contributed by atoms with Crippen molar-refractivity contribution in [2.24, 2.45) is 0 Å². The van der Waals surface area contributed by atoms with Crippen LogP contribution in [0.3, 0.4) is 0 Å². The van der Waals surface area contributed by atoms with E-state index in [1.165, 1.54) is 11.1 Å². The molecule has 0 fully saturated rings. The quantitative estimate of drug-likeness (QED) is 0.823. The second-order valence-electron chi connectivity index (χ2n) is 4.79. The number of ether oxygens (including phenoxy) is 1. The molecule has 0 spiro atoms. The molecule has 0 unspecified atom stereocenters. The Hall–Kier alpha value is -1.96. The van der Waals surface area contributed by atoms with Crippen molar-refractivity contribution in [2.75, 3.05) is 5.73 Å². The minimum Gasteiger partial charge on any atom is -0.489 e. The Labute approximate surface area is 108 Å². The van der Waals surface area contributed by atoms with E-state index in [1.54, 1.807) is 0 Å². The van der Waals surface area contributed by atoms with E-state index in [2.05, 4.69) is 31.2 Å². The van der Waals surface area contributed by atoms with Crippen LogP contribution in [0.4, 0.5) is 5.69 Å². The predicted octanol–water partition coefficient (Wildman–Crippen LogP) is 4.03. The van der Waals surface area contributed by atoms with Crippen molar-refractivity contribution in [3.05, 3.63) is 48.0 Å². The number of benzene rings is 2. The van der Waals surface area contributed by atoms with Gasteiger partial charge in [-0.05, 0) is 44.0 Å². The van der Waals surface area contributed by atoms with Gasteiger partial charge in [-0.1, -0.05) is 35.9 Å². The zero-order valence-electron chi connectivity index (χ0n) is 11.1. The standard InChI is InChI=1S/C16H19NO/c1-11(2)18-16-10-14(8-9-15(16)17)13-6-4-12(3)5-7-13/h4-11H,17H2,1-3H3. The van der Waals surface area contributed by atoms with E-state index in [0.29, 0.717) is 5.69 Å². The summed E-state index contributed by atoms with van der Waals surface area (Å²) in [4.78, 5) is 0. The van der Waals surface area contributed by atoms with Crippen LogP contribution in [0.5, 0.6) is 5.75 Å². The van der Waals surface area contributed by atoms with Crippen molar-refractivity contribution in [2.45, 2.75) is 26.9 Å². The molecular formula is C16H19NO. The van der Waals surface area contributed by atoms with Gasteiger partial charge in [-0.15, -0.1) is 0 Å². The SMILES string of the molecule is Cc1ccc(-c2ccc(N)c(OC(C)C)c2)cc1. The molecule has 0 aliphatic rings. The third-order valence-electron chi connectivity index (χ3n) is 2.76. The molecule has 0 aliphatic carbocycles. The van der Waals surface area contributed by atoms with Crippen LogP contribution >= 0.6 is 0 Å². The lowest BCUT2D eigenvalue weighted by Gasteiger charge is -2.13. The molecule has 0 saturated heterocycles. The summed E-state index contributed by atoms with van der Waals surface area (Å²) < 4.78 is 5.71. The van der Waals surface area contributed by atoms with Gasteiger partial charge in [-0.3, -0.25) is 0 Å². The normalized spacial score (nSPS) is 10.7. The lowest BCUT2D eigenvalue weighted by molar-refractivity contribution is 0.244. The fourth-order valence-corrected chi connectivity index (χ4v) is 1.82. The first-order valence-corrected chi connectivity index (χ1v) is 6.19. The molecule has 2 heteroatoms. The average molecular weight is 241 g/mol. The van der Waals surface area contributed by atoms with Gasteiger partial charge in [0, 0.05) is 0 Å². The largest absolute Gasteiger partial charge is 0.489 e. The van der Waals surface area contributed by atoms with Crippen LogP contribution in [0.2, 0.25) is 0 Å². The second-order valence-corrected chi connectivity index (χ2v) is 4.79. The van der Waals surface area contributed by atoms with E-state index in [9.17, 15) is 0 Å². The summed E-state index contributed by atoms with van der Waals surface area (Å²) in [5, 5.41) is 0. The zero-order chi connectivity index (χ0) is 13.1. The molecule has 0 saturated carbocycles. The minimum atomic E-state index is 0.126. The lowest BCUT2D eigenvalue weighted by atomic mass is 10.0. The highest BCUT2D eigenvalue weighted by atomic mass is 16.5. The van der Waals surface area contributed by atoms with Crippen LogP contribution in [-0.4, -0.2) is 6.10 Å². The molecule has 2 aromatic rings. The summed E-state index contributed by atoms with van der Waals surface area (Å²) in [7, 11) is 0. The van der Waals surface area contributed by atoms with Crippen LogP contribution in [0, 0.1) is 6.92 Å². The molecule has 0 heterocycles. The maximum Gasteiger partial charge on any atom is 0.143 e. The topological polar surface area (TPSA) is 35.2 Å². The first kappa shape index (κ1) is 12.5. The summed E-state index contributed by atoms with van der Waals surface area (Å²) in [5.41, 5.74) is 10.2. The van der Waals surface area contributed by atoms with Gasteiger partial charge in [-0.25, -0.2) is 0 Å². The van der Waals surface area contributed by atoms with Gasteiger partial charge in [0.05, 0.1) is 11.8 Å². The Morgan fingerprint density at radius 2 is 1.56 bits per heavy atom. The maximum absolute atomic E-state index is 5.91. The van der Waals surface area contributed by atoms with Crippen molar-refractivity contribution in [3.8, 4) is 16.9 Å². The van der Waals surface area contributed by atoms with Gasteiger partial charge in [0.15, 0.2) is 0 Å². The van der Waals surface area contributed by atoms with Gasteiger partial charge < -0.3 is 10.5 Å². The Morgan fingerprint density at radius 1 is 0.944 bits per heavy atom. The van der Waals surface area contributed by atoms with E-state index in [1.807, 2.05) is 32.0 Å². The monoisotopic (exact) mass is 241 g/mol. The number of hydrogen-bond acceptors (Lipinski definition) is 2. The number of aryl methyl sites for hydroxylation is 1. The van der Waals surface area contributed by atoms with E-state index >= 15 is 0 Å². The van der Waals surface area contributed by atoms with E-state index in [4.69, 9.17) is 10.5 Å². The smallest absolute Gasteiger partial charge is 0.143 e. The fraction of sp³-hybridized carbons (Fsp3) is 0.250. The van der Waals surface area contributed by atoms with Crippen LogP contribution in [-0.2, 0) is 0 Å². The van der Waals surface area contributed by atoms with Gasteiger partial charge >= 0.3 is 0 Å². The third kappa shape index (κ3) is 2.83. The fourth-order valence-electron chi connectivity index (χ4n) is 1.82. The summed E-state index contributed by atoms with van der Waals surface area (Å²) in [6.45, 7) is 6.08. The Kier molecular flexibility index (Phi) is 3.56. The molecule has 0 atom stereocenters. The van der Waals surface area contributed by atoms with Crippen molar-refractivity contribution in [3.63, 3.8) is 0 Å². The molecule has 0 aromatic heterocycles. The number of anilines is 1. The zero-order valence-corrected chi connectivity index (χ0v) is 11.1. The number of nitrogens with two attached hydrogens (primary N) is 1. The van der Waals surface area contributed by atoms with Crippen LogP contribution in [0.15, 0.2) is 42.5 Å². The highest BCUT2D eigenvalue weighted by molar-refractivity contribution is 5.70. The van der Waals surface area contributed by atoms with E-state index in [0.717, 1.165) is 11.3 Å². The van der Waals surface area contributed by atoms with Crippen molar-refractivity contribution in [1.82, 2.24) is 0 Å². The molecule has 0 aliphatic heterocycles. The van der Waals surface area contributed by atoms with E-state index in [-0.39, 0.29) is 6.10 Å². The van der Waals surface area contributed by atoms with Gasteiger partial charge in [0.25, 0.3) is 0 Å². The molecular weight excluding hydrogens is 222 g/mol. The molecule has 2 aromatic carbocycles. The van der Waals surface area contributed by atoms with Gasteiger partial charge in [0.1, 0.15) is 5.75 Å².